The monoisotopic (exact) mass is 391 g/mol. The summed E-state index contributed by atoms with van der Waals surface area (Å²) in [6, 6.07) is 15.8. The molecule has 3 aromatic rings. The van der Waals surface area contributed by atoms with Gasteiger partial charge in [-0.1, -0.05) is 0 Å². The maximum Gasteiger partial charge on any atom is 0.159 e. The van der Waals surface area contributed by atoms with Crippen LogP contribution < -0.4 is 15.1 Å². The Kier molecular flexibility index (Phi) is 5.37. The van der Waals surface area contributed by atoms with Crippen LogP contribution in [0.1, 0.15) is 17.3 Å². The minimum atomic E-state index is -0.218. The van der Waals surface area contributed by atoms with E-state index in [4.69, 9.17) is 0 Å². The first kappa shape index (κ1) is 18.9. The molecule has 148 valence electrons. The Bertz CT molecular complexity index is 983. The Morgan fingerprint density at radius 2 is 1.59 bits per heavy atom. The van der Waals surface area contributed by atoms with Crippen LogP contribution in [-0.2, 0) is 0 Å². The van der Waals surface area contributed by atoms with E-state index in [1.807, 2.05) is 30.3 Å². The summed E-state index contributed by atoms with van der Waals surface area (Å²) >= 11 is 0. The third-order valence-corrected chi connectivity index (χ3v) is 5.01. The van der Waals surface area contributed by atoms with Gasteiger partial charge in [-0.15, -0.1) is 0 Å². The van der Waals surface area contributed by atoms with E-state index in [0.717, 1.165) is 43.4 Å². The molecule has 1 aliphatic rings. The van der Waals surface area contributed by atoms with Crippen molar-refractivity contribution in [2.45, 2.75) is 6.92 Å². The molecule has 29 heavy (non-hydrogen) atoms. The van der Waals surface area contributed by atoms with Crippen molar-refractivity contribution in [3.63, 3.8) is 0 Å². The molecule has 2 heterocycles. The number of ketones is 1. The lowest BCUT2D eigenvalue weighted by atomic mass is 10.1. The summed E-state index contributed by atoms with van der Waals surface area (Å²) in [6.45, 7) is 4.87. The normalized spacial score (nSPS) is 14.0. The van der Waals surface area contributed by atoms with Gasteiger partial charge in [0.25, 0.3) is 0 Å². The van der Waals surface area contributed by atoms with Crippen molar-refractivity contribution < 1.29 is 9.18 Å². The fourth-order valence-electron chi connectivity index (χ4n) is 3.37. The second-order valence-electron chi connectivity index (χ2n) is 6.97. The van der Waals surface area contributed by atoms with Gasteiger partial charge in [0.1, 0.15) is 23.8 Å². The van der Waals surface area contributed by atoms with Crippen molar-refractivity contribution >= 4 is 28.8 Å². The quantitative estimate of drug-likeness (QED) is 0.666. The minimum absolute atomic E-state index is 0.0423. The molecule has 0 radical (unpaired) electrons. The zero-order valence-electron chi connectivity index (χ0n) is 16.2. The van der Waals surface area contributed by atoms with Crippen molar-refractivity contribution in [2.75, 3.05) is 41.3 Å². The van der Waals surface area contributed by atoms with Crippen molar-refractivity contribution in [1.29, 1.82) is 0 Å². The first-order valence-electron chi connectivity index (χ1n) is 9.54. The third-order valence-electron chi connectivity index (χ3n) is 5.01. The SMILES string of the molecule is CC(=O)c1ccc(Nc2cc(N3CCN(c4ccc(F)cc4)CC3)ncn2)cc1. The average Bonchev–Trinajstić information content (AvgIpc) is 2.75. The number of Topliss-reactive ketones (excluding diaryl/α,β-unsaturated/α-hetero) is 1. The van der Waals surface area contributed by atoms with Gasteiger partial charge in [0.05, 0.1) is 0 Å². The van der Waals surface area contributed by atoms with Gasteiger partial charge in [-0.25, -0.2) is 14.4 Å². The van der Waals surface area contributed by atoms with E-state index in [2.05, 4.69) is 25.1 Å². The van der Waals surface area contributed by atoms with Crippen LogP contribution in [0.2, 0.25) is 0 Å². The zero-order valence-corrected chi connectivity index (χ0v) is 16.2. The molecule has 1 aliphatic heterocycles. The summed E-state index contributed by atoms with van der Waals surface area (Å²) in [6.07, 6.45) is 1.55. The van der Waals surface area contributed by atoms with Crippen LogP contribution in [0.5, 0.6) is 0 Å². The van der Waals surface area contributed by atoms with Gasteiger partial charge in [0.2, 0.25) is 0 Å². The number of hydrogen-bond donors (Lipinski definition) is 1. The molecule has 1 fully saturated rings. The van der Waals surface area contributed by atoms with Crippen molar-refractivity contribution in [3.8, 4) is 0 Å². The van der Waals surface area contributed by atoms with Crippen molar-refractivity contribution in [3.05, 3.63) is 72.3 Å². The topological polar surface area (TPSA) is 61.4 Å². The molecule has 2 aromatic carbocycles. The van der Waals surface area contributed by atoms with Crippen LogP contribution in [-0.4, -0.2) is 41.9 Å². The summed E-state index contributed by atoms with van der Waals surface area (Å²) in [4.78, 5) is 24.6. The fourth-order valence-corrected chi connectivity index (χ4v) is 3.37. The Morgan fingerprint density at radius 3 is 2.24 bits per heavy atom. The number of carbonyl (C=O) groups excluding carboxylic acids is 1. The number of nitrogens with one attached hydrogen (secondary N) is 1. The molecule has 1 saturated heterocycles. The molecule has 0 atom stereocenters. The van der Waals surface area contributed by atoms with E-state index in [9.17, 15) is 9.18 Å². The lowest BCUT2D eigenvalue weighted by Gasteiger charge is -2.36. The highest BCUT2D eigenvalue weighted by atomic mass is 19.1. The summed E-state index contributed by atoms with van der Waals surface area (Å²) in [5, 5.41) is 3.25. The number of halogens is 1. The number of nitrogens with zero attached hydrogens (tertiary/aromatic N) is 4. The van der Waals surface area contributed by atoms with Crippen molar-refractivity contribution in [1.82, 2.24) is 9.97 Å². The summed E-state index contributed by atoms with van der Waals surface area (Å²) in [7, 11) is 0. The van der Waals surface area contributed by atoms with E-state index in [0.29, 0.717) is 11.4 Å². The highest BCUT2D eigenvalue weighted by Gasteiger charge is 2.19. The van der Waals surface area contributed by atoms with Crippen LogP contribution >= 0.6 is 0 Å². The standard InChI is InChI=1S/C22H22FN5O/c1-16(29)17-2-6-19(7-3-17)26-21-14-22(25-15-24-21)28-12-10-27(11-13-28)20-8-4-18(23)5-9-20/h2-9,14-15H,10-13H2,1H3,(H,24,25,26). The number of anilines is 4. The molecule has 0 aliphatic carbocycles. The van der Waals surface area contributed by atoms with Gasteiger partial charge in [-0.05, 0) is 55.5 Å². The highest BCUT2D eigenvalue weighted by molar-refractivity contribution is 5.94. The second-order valence-corrected chi connectivity index (χ2v) is 6.97. The summed E-state index contributed by atoms with van der Waals surface area (Å²) in [5.74, 6) is 1.39. The average molecular weight is 391 g/mol. The molecular formula is C22H22FN5O. The van der Waals surface area contributed by atoms with E-state index < -0.39 is 0 Å². The molecule has 0 saturated carbocycles. The number of benzene rings is 2. The van der Waals surface area contributed by atoms with Crippen LogP contribution in [0.15, 0.2) is 60.9 Å². The molecule has 1 N–H and O–H groups in total. The first-order chi connectivity index (χ1) is 14.1. The predicted octanol–water partition coefficient (Wildman–Crippen LogP) is 3.89. The van der Waals surface area contributed by atoms with Gasteiger partial charge in [0, 0.05) is 49.2 Å². The number of hydrogen-bond acceptors (Lipinski definition) is 6. The molecule has 0 amide bonds. The Hall–Kier alpha value is -3.48. The first-order valence-corrected chi connectivity index (χ1v) is 9.54. The van der Waals surface area contributed by atoms with E-state index >= 15 is 0 Å². The van der Waals surface area contributed by atoms with Crippen LogP contribution in [0, 0.1) is 5.82 Å². The molecule has 0 unspecified atom stereocenters. The molecular weight excluding hydrogens is 369 g/mol. The smallest absolute Gasteiger partial charge is 0.159 e. The molecule has 1 aromatic heterocycles. The second kappa shape index (κ2) is 8.26. The molecule has 4 rings (SSSR count). The predicted molar refractivity (Wildman–Crippen MR) is 113 cm³/mol. The molecule has 0 bridgehead atoms. The third kappa shape index (κ3) is 4.51. The Morgan fingerprint density at radius 1 is 0.931 bits per heavy atom. The molecule has 0 spiro atoms. The highest BCUT2D eigenvalue weighted by Crippen LogP contribution is 2.22. The van der Waals surface area contributed by atoms with Crippen LogP contribution in [0.25, 0.3) is 0 Å². The number of piperazine rings is 1. The maximum atomic E-state index is 13.1. The van der Waals surface area contributed by atoms with Gasteiger partial charge in [-0.3, -0.25) is 4.79 Å². The number of aromatic nitrogens is 2. The largest absolute Gasteiger partial charge is 0.368 e. The molecule has 7 heteroatoms. The van der Waals surface area contributed by atoms with Gasteiger partial charge < -0.3 is 15.1 Å². The Balaban J connectivity index is 1.40. The van der Waals surface area contributed by atoms with Crippen LogP contribution in [0.3, 0.4) is 0 Å². The maximum absolute atomic E-state index is 13.1. The van der Waals surface area contributed by atoms with Crippen molar-refractivity contribution in [2.24, 2.45) is 0 Å². The Labute approximate surface area is 169 Å². The lowest BCUT2D eigenvalue weighted by molar-refractivity contribution is 0.101. The summed E-state index contributed by atoms with van der Waals surface area (Å²) in [5.41, 5.74) is 2.57. The fraction of sp³-hybridized carbons (Fsp3) is 0.227. The van der Waals surface area contributed by atoms with E-state index in [1.165, 1.54) is 12.1 Å². The van der Waals surface area contributed by atoms with E-state index in [-0.39, 0.29) is 11.6 Å². The number of rotatable bonds is 5. The molecule has 6 nitrogen and oxygen atoms in total. The van der Waals surface area contributed by atoms with Gasteiger partial charge >= 0.3 is 0 Å². The van der Waals surface area contributed by atoms with Gasteiger partial charge in [0.15, 0.2) is 5.78 Å². The zero-order chi connectivity index (χ0) is 20.2. The number of carbonyl (C=O) groups is 1. The van der Waals surface area contributed by atoms with E-state index in [1.54, 1.807) is 25.4 Å². The van der Waals surface area contributed by atoms with Crippen LogP contribution in [0.4, 0.5) is 27.4 Å². The summed E-state index contributed by atoms with van der Waals surface area (Å²) < 4.78 is 13.1. The van der Waals surface area contributed by atoms with Gasteiger partial charge in [-0.2, -0.15) is 0 Å². The minimum Gasteiger partial charge on any atom is -0.368 e. The lowest BCUT2D eigenvalue weighted by Crippen LogP contribution is -2.46.